The van der Waals surface area contributed by atoms with Crippen LogP contribution < -0.4 is 5.32 Å². The zero-order chi connectivity index (χ0) is 19.3. The number of hydrogen-bond donors (Lipinski definition) is 1. The number of rotatable bonds is 6. The predicted octanol–water partition coefficient (Wildman–Crippen LogP) is 3.50. The van der Waals surface area contributed by atoms with Crippen LogP contribution in [-0.4, -0.2) is 27.7 Å². The second-order valence-corrected chi connectivity index (χ2v) is 5.97. The Balaban J connectivity index is 1.33. The van der Waals surface area contributed by atoms with Crippen molar-refractivity contribution in [3.05, 3.63) is 78.1 Å². The second-order valence-electron chi connectivity index (χ2n) is 5.97. The van der Waals surface area contributed by atoms with Crippen molar-refractivity contribution in [3.8, 4) is 22.7 Å². The maximum atomic E-state index is 13.0. The van der Waals surface area contributed by atoms with Crippen LogP contribution >= 0.6 is 0 Å². The van der Waals surface area contributed by atoms with E-state index < -0.39 is 0 Å². The minimum absolute atomic E-state index is 0.134. The van der Waals surface area contributed by atoms with Crippen molar-refractivity contribution < 1.29 is 18.2 Å². The highest BCUT2D eigenvalue weighted by Crippen LogP contribution is 2.20. The molecule has 28 heavy (non-hydrogen) atoms. The summed E-state index contributed by atoms with van der Waals surface area (Å²) in [7, 11) is 0. The van der Waals surface area contributed by atoms with Crippen LogP contribution in [0.4, 0.5) is 4.39 Å². The molecule has 0 spiro atoms. The van der Waals surface area contributed by atoms with Gasteiger partial charge in [-0.3, -0.25) is 4.79 Å². The molecule has 0 aliphatic rings. The van der Waals surface area contributed by atoms with E-state index in [-0.39, 0.29) is 17.4 Å². The fourth-order valence-electron chi connectivity index (χ4n) is 2.57. The van der Waals surface area contributed by atoms with Gasteiger partial charge < -0.3 is 14.4 Å². The third kappa shape index (κ3) is 3.96. The Labute approximate surface area is 159 Å². The van der Waals surface area contributed by atoms with E-state index in [1.165, 1.54) is 18.2 Å². The van der Waals surface area contributed by atoms with Gasteiger partial charge in [0.05, 0.1) is 0 Å². The minimum atomic E-state index is -0.389. The van der Waals surface area contributed by atoms with Gasteiger partial charge in [-0.25, -0.2) is 4.39 Å². The summed E-state index contributed by atoms with van der Waals surface area (Å²) in [5.41, 5.74) is 1.62. The van der Waals surface area contributed by atoms with E-state index in [1.807, 2.05) is 30.3 Å². The van der Waals surface area contributed by atoms with Crippen molar-refractivity contribution in [2.75, 3.05) is 6.54 Å². The van der Waals surface area contributed by atoms with Gasteiger partial charge in [0.1, 0.15) is 5.82 Å². The average molecular weight is 378 g/mol. The summed E-state index contributed by atoms with van der Waals surface area (Å²) in [5.74, 6) is 0.570. The van der Waals surface area contributed by atoms with Crippen molar-refractivity contribution in [3.63, 3.8) is 0 Å². The molecule has 0 saturated carbocycles. The summed E-state index contributed by atoms with van der Waals surface area (Å²) < 4.78 is 23.3. The molecule has 8 heteroatoms. The molecule has 140 valence electrons. The number of carbonyl (C=O) groups excluding carboxylic acids is 1. The zero-order valence-corrected chi connectivity index (χ0v) is 14.6. The summed E-state index contributed by atoms with van der Waals surface area (Å²) in [6.07, 6.45) is 0.383. The lowest BCUT2D eigenvalue weighted by atomic mass is 10.1. The van der Waals surface area contributed by atoms with Crippen molar-refractivity contribution in [2.45, 2.75) is 6.42 Å². The van der Waals surface area contributed by atoms with Crippen LogP contribution in [0.3, 0.4) is 0 Å². The number of carbonyl (C=O) groups is 1. The van der Waals surface area contributed by atoms with Crippen LogP contribution in [0.25, 0.3) is 22.7 Å². The van der Waals surface area contributed by atoms with Gasteiger partial charge in [-0.2, -0.15) is 4.98 Å². The SMILES string of the molecule is O=C(NCCc1nc(-c2ccccc2)no1)c1cc(-c2ccc(F)cc2)on1. The van der Waals surface area contributed by atoms with Crippen LogP contribution in [0, 0.1) is 5.82 Å². The number of amides is 1. The Morgan fingerprint density at radius 1 is 0.964 bits per heavy atom. The molecule has 4 rings (SSSR count). The lowest BCUT2D eigenvalue weighted by Crippen LogP contribution is -2.26. The van der Waals surface area contributed by atoms with Crippen molar-refractivity contribution in [2.24, 2.45) is 0 Å². The molecule has 1 amide bonds. The number of hydrogen-bond acceptors (Lipinski definition) is 6. The topological polar surface area (TPSA) is 94.1 Å². The lowest BCUT2D eigenvalue weighted by Gasteiger charge is -1.99. The van der Waals surface area contributed by atoms with E-state index in [9.17, 15) is 9.18 Å². The quantitative estimate of drug-likeness (QED) is 0.552. The summed E-state index contributed by atoms with van der Waals surface area (Å²) in [6, 6.07) is 16.7. The molecule has 0 fully saturated rings. The first-order valence-corrected chi connectivity index (χ1v) is 8.58. The number of aromatic nitrogens is 3. The molecule has 0 aliphatic carbocycles. The van der Waals surface area contributed by atoms with Crippen LogP contribution in [0.15, 0.2) is 69.7 Å². The van der Waals surface area contributed by atoms with E-state index in [0.29, 0.717) is 36.0 Å². The van der Waals surface area contributed by atoms with Gasteiger partial charge >= 0.3 is 0 Å². The first-order valence-electron chi connectivity index (χ1n) is 8.58. The Hall–Kier alpha value is -3.81. The second kappa shape index (κ2) is 7.83. The van der Waals surface area contributed by atoms with E-state index in [1.54, 1.807) is 12.1 Å². The normalized spacial score (nSPS) is 10.8. The minimum Gasteiger partial charge on any atom is -0.355 e. The van der Waals surface area contributed by atoms with Gasteiger partial charge in [0.25, 0.3) is 5.91 Å². The Morgan fingerprint density at radius 2 is 1.75 bits per heavy atom. The highest BCUT2D eigenvalue weighted by atomic mass is 19.1. The number of halogens is 1. The maximum Gasteiger partial charge on any atom is 0.273 e. The first-order chi connectivity index (χ1) is 13.7. The largest absolute Gasteiger partial charge is 0.355 e. The molecular weight excluding hydrogens is 363 g/mol. The molecule has 0 unspecified atom stereocenters. The monoisotopic (exact) mass is 378 g/mol. The van der Waals surface area contributed by atoms with Crippen molar-refractivity contribution in [1.29, 1.82) is 0 Å². The van der Waals surface area contributed by atoms with Gasteiger partial charge in [0, 0.05) is 30.2 Å². The molecule has 4 aromatic rings. The summed E-state index contributed by atoms with van der Waals surface area (Å²) in [6.45, 7) is 0.300. The number of benzene rings is 2. The van der Waals surface area contributed by atoms with E-state index in [0.717, 1.165) is 5.56 Å². The van der Waals surface area contributed by atoms with Gasteiger partial charge in [-0.15, -0.1) is 0 Å². The fraction of sp³-hybridized carbons (Fsp3) is 0.100. The molecular formula is C20H15FN4O3. The van der Waals surface area contributed by atoms with Crippen LogP contribution in [0.2, 0.25) is 0 Å². The van der Waals surface area contributed by atoms with Gasteiger partial charge in [-0.05, 0) is 24.3 Å². The van der Waals surface area contributed by atoms with Gasteiger partial charge in [-0.1, -0.05) is 40.6 Å². The number of nitrogens with one attached hydrogen (secondary N) is 1. The first kappa shape index (κ1) is 17.6. The van der Waals surface area contributed by atoms with Crippen LogP contribution in [0.5, 0.6) is 0 Å². The number of nitrogens with zero attached hydrogens (tertiary/aromatic N) is 3. The predicted molar refractivity (Wildman–Crippen MR) is 97.7 cm³/mol. The molecule has 0 radical (unpaired) electrons. The summed E-state index contributed by atoms with van der Waals surface area (Å²) >= 11 is 0. The van der Waals surface area contributed by atoms with E-state index in [2.05, 4.69) is 20.6 Å². The van der Waals surface area contributed by atoms with E-state index in [4.69, 9.17) is 9.05 Å². The fourth-order valence-corrected chi connectivity index (χ4v) is 2.57. The van der Waals surface area contributed by atoms with Gasteiger partial charge in [0.15, 0.2) is 11.5 Å². The summed E-state index contributed by atoms with van der Waals surface area (Å²) in [5, 5.41) is 10.4. The Bertz CT molecular complexity index is 1070. The molecule has 2 aromatic carbocycles. The Morgan fingerprint density at radius 3 is 2.54 bits per heavy atom. The molecule has 2 aromatic heterocycles. The smallest absolute Gasteiger partial charge is 0.273 e. The molecule has 0 bridgehead atoms. The van der Waals surface area contributed by atoms with Crippen LogP contribution in [-0.2, 0) is 6.42 Å². The molecule has 7 nitrogen and oxygen atoms in total. The Kier molecular flexibility index (Phi) is 4.92. The van der Waals surface area contributed by atoms with Crippen molar-refractivity contribution in [1.82, 2.24) is 20.6 Å². The highest BCUT2D eigenvalue weighted by molar-refractivity contribution is 5.93. The average Bonchev–Trinajstić information content (AvgIpc) is 3.39. The molecule has 2 heterocycles. The highest BCUT2D eigenvalue weighted by Gasteiger charge is 2.14. The maximum absolute atomic E-state index is 13.0. The lowest BCUT2D eigenvalue weighted by molar-refractivity contribution is 0.0944. The third-order valence-electron chi connectivity index (χ3n) is 4.00. The molecule has 0 saturated heterocycles. The third-order valence-corrected chi connectivity index (χ3v) is 4.00. The van der Waals surface area contributed by atoms with E-state index >= 15 is 0 Å². The molecule has 0 aliphatic heterocycles. The van der Waals surface area contributed by atoms with Crippen molar-refractivity contribution >= 4 is 5.91 Å². The summed E-state index contributed by atoms with van der Waals surface area (Å²) in [4.78, 5) is 16.5. The molecule has 1 N–H and O–H groups in total. The zero-order valence-electron chi connectivity index (χ0n) is 14.6. The standard InChI is InChI=1S/C20H15FN4O3/c21-15-8-6-13(7-9-15)17-12-16(24-27-17)20(26)22-11-10-18-23-19(25-28-18)14-4-2-1-3-5-14/h1-9,12H,10-11H2,(H,22,26). The van der Waals surface area contributed by atoms with Gasteiger partial charge in [0.2, 0.25) is 11.7 Å². The molecule has 0 atom stereocenters. The van der Waals surface area contributed by atoms with Crippen LogP contribution in [0.1, 0.15) is 16.4 Å².